The molecule has 0 aromatic heterocycles. The van der Waals surface area contributed by atoms with E-state index in [0.29, 0.717) is 6.54 Å². The van der Waals surface area contributed by atoms with Crippen LogP contribution in [-0.4, -0.2) is 28.8 Å². The fourth-order valence-electron chi connectivity index (χ4n) is 2.19. The molecular weight excluding hydrogens is 413 g/mol. The first kappa shape index (κ1) is 16.4. The molecule has 0 radical (unpaired) electrons. The molecule has 0 fully saturated rings. The Bertz CT molecular complexity index is 732. The van der Waals surface area contributed by atoms with Crippen molar-refractivity contribution in [3.05, 3.63) is 65.7 Å². The molecule has 6 heteroatoms. The first-order chi connectivity index (χ1) is 11.1. The zero-order chi connectivity index (χ0) is 16.1. The molecule has 3 rings (SSSR count). The van der Waals surface area contributed by atoms with Gasteiger partial charge in [-0.2, -0.15) is 0 Å². The molecule has 118 valence electrons. The van der Waals surface area contributed by atoms with E-state index in [1.54, 1.807) is 15.2 Å². The number of aliphatic imine (C=N–C) groups is 1. The summed E-state index contributed by atoms with van der Waals surface area (Å²) in [5.41, 5.74) is 5.26. The van der Waals surface area contributed by atoms with Crippen molar-refractivity contribution in [3.8, 4) is 5.75 Å². The second kappa shape index (κ2) is 7.40. The van der Waals surface area contributed by atoms with Crippen molar-refractivity contribution in [2.75, 3.05) is 0 Å². The number of hydrogen-bond donors (Lipinski definition) is 1. The van der Waals surface area contributed by atoms with Gasteiger partial charge < -0.3 is 0 Å². The van der Waals surface area contributed by atoms with Gasteiger partial charge in [-0.05, 0) is 0 Å². The van der Waals surface area contributed by atoms with Crippen LogP contribution >= 0.6 is 8.95 Å². The van der Waals surface area contributed by atoms with Crippen LogP contribution in [0, 0.1) is 0 Å². The van der Waals surface area contributed by atoms with Crippen molar-refractivity contribution < 1.29 is 3.07 Å². The predicted molar refractivity (Wildman–Crippen MR) is 100 cm³/mol. The van der Waals surface area contributed by atoms with E-state index in [1.165, 1.54) is 5.56 Å². The summed E-state index contributed by atoms with van der Waals surface area (Å²) < 4.78 is 6.35. The normalized spacial score (nSPS) is 19.5. The molecular formula is C17H19N3OSSn. The fraction of sp³-hybridized carbons (Fsp3) is 0.176. The minimum absolute atomic E-state index is 0.639. The molecule has 0 unspecified atom stereocenters. The Morgan fingerprint density at radius 1 is 1.09 bits per heavy atom. The van der Waals surface area contributed by atoms with Crippen LogP contribution in [-0.2, 0) is 6.54 Å². The van der Waals surface area contributed by atoms with Crippen LogP contribution in [0.25, 0.3) is 0 Å². The van der Waals surface area contributed by atoms with Gasteiger partial charge in [0, 0.05) is 0 Å². The number of amidine groups is 1. The van der Waals surface area contributed by atoms with Gasteiger partial charge in [-0.15, -0.1) is 0 Å². The van der Waals surface area contributed by atoms with Crippen molar-refractivity contribution in [2.45, 2.75) is 16.4 Å². The summed E-state index contributed by atoms with van der Waals surface area (Å²) in [4.78, 5) is 9.16. The SMILES string of the molecule is [CH3][Sn]1([CH3])[O]c2ccccc2/C=N\NC(=NCc2ccccc2)[S]1. The minimum atomic E-state index is -2.81. The number of nitrogens with zero attached hydrogens (tertiary/aromatic N) is 2. The summed E-state index contributed by atoms with van der Waals surface area (Å²) in [5.74, 6) is 0.913. The quantitative estimate of drug-likeness (QED) is 0.731. The number of para-hydroxylation sites is 1. The van der Waals surface area contributed by atoms with Gasteiger partial charge in [0.2, 0.25) is 0 Å². The third-order valence-corrected chi connectivity index (χ3v) is 12.6. The molecule has 0 saturated heterocycles. The van der Waals surface area contributed by atoms with Crippen molar-refractivity contribution in [3.63, 3.8) is 0 Å². The van der Waals surface area contributed by atoms with Gasteiger partial charge in [0.15, 0.2) is 0 Å². The Morgan fingerprint density at radius 2 is 1.83 bits per heavy atom. The number of nitrogens with one attached hydrogen (secondary N) is 1. The molecule has 4 nitrogen and oxygen atoms in total. The first-order valence-corrected chi connectivity index (χ1v) is 18.7. The van der Waals surface area contributed by atoms with Gasteiger partial charge in [-0.3, -0.25) is 0 Å². The molecule has 0 saturated carbocycles. The van der Waals surface area contributed by atoms with E-state index in [1.807, 2.05) is 42.5 Å². The van der Waals surface area contributed by atoms with Crippen LogP contribution in [0.15, 0.2) is 64.7 Å². The predicted octanol–water partition coefficient (Wildman–Crippen LogP) is 3.99. The Hall–Kier alpha value is -1.47. The monoisotopic (exact) mass is 433 g/mol. The third-order valence-electron chi connectivity index (χ3n) is 3.23. The number of benzene rings is 2. The van der Waals surface area contributed by atoms with Crippen molar-refractivity contribution >= 4 is 37.7 Å². The maximum absolute atomic E-state index is 6.35. The molecule has 1 aliphatic heterocycles. The Morgan fingerprint density at radius 3 is 2.65 bits per heavy atom. The zero-order valence-corrected chi connectivity index (χ0v) is 16.9. The average Bonchev–Trinajstić information content (AvgIpc) is 2.60. The second-order valence-electron chi connectivity index (χ2n) is 5.62. The van der Waals surface area contributed by atoms with E-state index in [4.69, 9.17) is 3.07 Å². The van der Waals surface area contributed by atoms with Crippen molar-refractivity contribution in [1.29, 1.82) is 0 Å². The van der Waals surface area contributed by atoms with Crippen LogP contribution < -0.4 is 8.50 Å². The molecule has 0 amide bonds. The topological polar surface area (TPSA) is 46.0 Å². The van der Waals surface area contributed by atoms with Gasteiger partial charge in [-0.25, -0.2) is 0 Å². The van der Waals surface area contributed by atoms with Gasteiger partial charge in [0.25, 0.3) is 0 Å². The molecule has 1 heterocycles. The molecule has 0 atom stereocenters. The summed E-state index contributed by atoms with van der Waals surface area (Å²) >= 11 is -2.81. The summed E-state index contributed by atoms with van der Waals surface area (Å²) in [6.07, 6.45) is 1.79. The van der Waals surface area contributed by atoms with E-state index in [2.05, 4.69) is 37.5 Å². The Balaban J connectivity index is 1.82. The van der Waals surface area contributed by atoms with Crippen molar-refractivity contribution in [1.82, 2.24) is 5.43 Å². The number of rotatable bonds is 2. The van der Waals surface area contributed by atoms with Crippen LogP contribution in [0.3, 0.4) is 0 Å². The second-order valence-corrected chi connectivity index (χ2v) is 23.1. The van der Waals surface area contributed by atoms with E-state index < -0.39 is 17.4 Å². The van der Waals surface area contributed by atoms with Crippen LogP contribution in [0.2, 0.25) is 9.88 Å². The summed E-state index contributed by atoms with van der Waals surface area (Å²) in [6.45, 7) is 0.639. The first-order valence-electron chi connectivity index (χ1n) is 7.47. The van der Waals surface area contributed by atoms with Crippen LogP contribution in [0.4, 0.5) is 0 Å². The van der Waals surface area contributed by atoms with Crippen LogP contribution in [0.5, 0.6) is 5.75 Å². The summed E-state index contributed by atoms with van der Waals surface area (Å²) in [7, 11) is 1.73. The van der Waals surface area contributed by atoms with Gasteiger partial charge in [0.05, 0.1) is 0 Å². The van der Waals surface area contributed by atoms with Gasteiger partial charge in [-0.1, -0.05) is 0 Å². The molecule has 0 bridgehead atoms. The molecule has 2 aromatic carbocycles. The third kappa shape index (κ3) is 4.75. The average molecular weight is 432 g/mol. The molecule has 1 aliphatic rings. The summed E-state index contributed by atoms with van der Waals surface area (Å²) in [6, 6.07) is 18.2. The number of hydrogen-bond acceptors (Lipinski definition) is 4. The molecule has 1 N–H and O–H groups in total. The molecule has 23 heavy (non-hydrogen) atoms. The summed E-state index contributed by atoms with van der Waals surface area (Å²) in [5, 5.41) is 5.15. The maximum atomic E-state index is 6.35. The molecule has 0 spiro atoms. The van der Waals surface area contributed by atoms with E-state index >= 15 is 0 Å². The van der Waals surface area contributed by atoms with Crippen molar-refractivity contribution in [2.24, 2.45) is 10.1 Å². The fourth-order valence-corrected chi connectivity index (χ4v) is 10.9. The number of hydrazone groups is 1. The van der Waals surface area contributed by atoms with E-state index in [-0.39, 0.29) is 0 Å². The van der Waals surface area contributed by atoms with Gasteiger partial charge >= 0.3 is 144 Å². The molecule has 0 aliphatic carbocycles. The zero-order valence-electron chi connectivity index (χ0n) is 13.2. The molecule has 2 aromatic rings. The number of fused-ring (bicyclic) bond motifs is 1. The van der Waals surface area contributed by atoms with E-state index in [9.17, 15) is 0 Å². The Labute approximate surface area is 143 Å². The Kier molecular flexibility index (Phi) is 5.27. The van der Waals surface area contributed by atoms with Gasteiger partial charge in [0.1, 0.15) is 0 Å². The standard InChI is InChI=1S/C15H15N3OS.2CH3.Sn/c19-14-9-5-4-8-13(14)11-17-18-15(20)16-10-12-6-2-1-3-7-12;;;/h1-9,11,19H,10H2,(H2,16,18,20);2*1H3;/q;;;+2/p-2/b17-11-;;;. The van der Waals surface area contributed by atoms with Crippen LogP contribution in [0.1, 0.15) is 11.1 Å². The van der Waals surface area contributed by atoms with E-state index in [0.717, 1.165) is 16.5 Å².